The summed E-state index contributed by atoms with van der Waals surface area (Å²) < 4.78 is 5.56. The first kappa shape index (κ1) is 18.1. The molecule has 3 rings (SSSR count). The van der Waals surface area contributed by atoms with Crippen LogP contribution in [0.5, 0.6) is 11.6 Å². The molecule has 0 fully saturated rings. The minimum Gasteiger partial charge on any atom is -0.439 e. The average molecular weight is 378 g/mol. The van der Waals surface area contributed by atoms with Gasteiger partial charge in [0, 0.05) is 17.2 Å². The predicted octanol–water partition coefficient (Wildman–Crippen LogP) is 5.50. The molecule has 0 aliphatic heterocycles. The Hall–Kier alpha value is -3.69. The van der Waals surface area contributed by atoms with E-state index in [9.17, 15) is 15.4 Å². The van der Waals surface area contributed by atoms with Crippen LogP contribution >= 0.6 is 11.6 Å². The van der Waals surface area contributed by atoms with Crippen LogP contribution in [0.3, 0.4) is 0 Å². The molecule has 0 radical (unpaired) electrons. The van der Waals surface area contributed by atoms with Gasteiger partial charge in [0.15, 0.2) is 0 Å². The first-order valence-corrected chi connectivity index (χ1v) is 8.19. The highest BCUT2D eigenvalue weighted by atomic mass is 35.5. The standard InChI is InChI=1S/C20H12ClN3O3/c21-17-5-3-15(4-6-17)16(12-22)11-14-1-8-19(9-2-14)27-20-10-7-18(13-23-20)24(25)26/h1-11,13H/b16-11+. The first-order chi connectivity index (χ1) is 13.0. The minimum atomic E-state index is -0.522. The van der Waals surface area contributed by atoms with Crippen molar-refractivity contribution in [2.45, 2.75) is 0 Å². The average Bonchev–Trinajstić information content (AvgIpc) is 2.68. The van der Waals surface area contributed by atoms with Gasteiger partial charge in [0.1, 0.15) is 11.9 Å². The van der Waals surface area contributed by atoms with Crippen molar-refractivity contribution < 1.29 is 9.66 Å². The van der Waals surface area contributed by atoms with Crippen molar-refractivity contribution in [1.29, 1.82) is 5.26 Å². The third-order valence-electron chi connectivity index (χ3n) is 3.62. The molecular weight excluding hydrogens is 366 g/mol. The number of rotatable bonds is 5. The number of hydrogen-bond donors (Lipinski definition) is 0. The molecule has 0 unspecified atom stereocenters. The van der Waals surface area contributed by atoms with Crippen LogP contribution in [0.4, 0.5) is 5.69 Å². The van der Waals surface area contributed by atoms with Gasteiger partial charge in [-0.15, -0.1) is 0 Å². The third kappa shape index (κ3) is 4.69. The molecule has 0 aliphatic rings. The lowest BCUT2D eigenvalue weighted by molar-refractivity contribution is -0.385. The van der Waals surface area contributed by atoms with E-state index in [4.69, 9.17) is 16.3 Å². The topological polar surface area (TPSA) is 89.0 Å². The second kappa shape index (κ2) is 8.13. The lowest BCUT2D eigenvalue weighted by Crippen LogP contribution is -1.91. The van der Waals surface area contributed by atoms with Gasteiger partial charge in [0.2, 0.25) is 5.88 Å². The second-order valence-corrected chi connectivity index (χ2v) is 5.90. The summed E-state index contributed by atoms with van der Waals surface area (Å²) in [6.45, 7) is 0. The number of nitriles is 1. The summed E-state index contributed by atoms with van der Waals surface area (Å²) in [7, 11) is 0. The van der Waals surface area contributed by atoms with Gasteiger partial charge in [-0.2, -0.15) is 5.26 Å². The van der Waals surface area contributed by atoms with E-state index < -0.39 is 4.92 Å². The van der Waals surface area contributed by atoms with Crippen molar-refractivity contribution in [3.63, 3.8) is 0 Å². The number of halogens is 1. The molecule has 0 saturated heterocycles. The van der Waals surface area contributed by atoms with Crippen molar-refractivity contribution >= 4 is 28.9 Å². The summed E-state index contributed by atoms with van der Waals surface area (Å²) in [5.41, 5.74) is 2.01. The molecule has 7 heteroatoms. The molecule has 0 atom stereocenters. The normalized spacial score (nSPS) is 10.9. The fourth-order valence-corrected chi connectivity index (χ4v) is 2.40. The van der Waals surface area contributed by atoms with Crippen molar-refractivity contribution in [2.75, 3.05) is 0 Å². The molecule has 6 nitrogen and oxygen atoms in total. The van der Waals surface area contributed by atoms with E-state index in [0.717, 1.165) is 17.3 Å². The Balaban J connectivity index is 1.75. The van der Waals surface area contributed by atoms with Crippen molar-refractivity contribution in [3.05, 3.63) is 93.1 Å². The number of aromatic nitrogens is 1. The molecule has 0 amide bonds. The minimum absolute atomic E-state index is 0.103. The Morgan fingerprint density at radius 1 is 1.11 bits per heavy atom. The van der Waals surface area contributed by atoms with Crippen molar-refractivity contribution in [2.24, 2.45) is 0 Å². The maximum Gasteiger partial charge on any atom is 0.287 e. The van der Waals surface area contributed by atoms with Crippen LogP contribution in [0.2, 0.25) is 5.02 Å². The predicted molar refractivity (Wildman–Crippen MR) is 102 cm³/mol. The lowest BCUT2D eigenvalue weighted by Gasteiger charge is -2.05. The fraction of sp³-hybridized carbons (Fsp3) is 0. The van der Waals surface area contributed by atoms with E-state index in [1.54, 1.807) is 54.6 Å². The molecule has 0 saturated carbocycles. The molecule has 3 aromatic rings. The highest BCUT2D eigenvalue weighted by Crippen LogP contribution is 2.24. The Morgan fingerprint density at radius 2 is 1.81 bits per heavy atom. The molecule has 132 valence electrons. The van der Waals surface area contributed by atoms with Crippen LogP contribution in [0.15, 0.2) is 66.9 Å². The molecule has 0 spiro atoms. The zero-order valence-electron chi connectivity index (χ0n) is 13.9. The zero-order chi connectivity index (χ0) is 19.2. The maximum atomic E-state index is 10.6. The summed E-state index contributed by atoms with van der Waals surface area (Å²) >= 11 is 5.87. The molecule has 1 aromatic heterocycles. The lowest BCUT2D eigenvalue weighted by atomic mass is 10.0. The van der Waals surface area contributed by atoms with Crippen LogP contribution in [0.1, 0.15) is 11.1 Å². The van der Waals surface area contributed by atoms with Gasteiger partial charge in [-0.1, -0.05) is 35.9 Å². The zero-order valence-corrected chi connectivity index (χ0v) is 14.6. The van der Waals surface area contributed by atoms with Gasteiger partial charge in [0.05, 0.1) is 16.6 Å². The molecule has 0 N–H and O–H groups in total. The molecule has 0 aliphatic carbocycles. The molecule has 2 aromatic carbocycles. The summed E-state index contributed by atoms with van der Waals surface area (Å²) in [6, 6.07) is 19.0. The Morgan fingerprint density at radius 3 is 2.37 bits per heavy atom. The van der Waals surface area contributed by atoms with Crippen LogP contribution < -0.4 is 4.74 Å². The second-order valence-electron chi connectivity index (χ2n) is 5.46. The first-order valence-electron chi connectivity index (χ1n) is 7.81. The number of benzene rings is 2. The van der Waals surface area contributed by atoms with Gasteiger partial charge >= 0.3 is 0 Å². The highest BCUT2D eigenvalue weighted by Gasteiger charge is 2.07. The van der Waals surface area contributed by atoms with Gasteiger partial charge < -0.3 is 4.74 Å². The summed E-state index contributed by atoms with van der Waals surface area (Å²) in [6.07, 6.45) is 2.90. The summed E-state index contributed by atoms with van der Waals surface area (Å²) in [5, 5.41) is 20.6. The van der Waals surface area contributed by atoms with E-state index in [1.165, 1.54) is 12.1 Å². The number of nitro groups is 1. The SMILES string of the molecule is N#C/C(=C\c1ccc(Oc2ccc([N+](=O)[O-])cn2)cc1)c1ccc(Cl)cc1. The van der Waals surface area contributed by atoms with Crippen LogP contribution in [0.25, 0.3) is 11.6 Å². The van der Waals surface area contributed by atoms with Gasteiger partial charge in [-0.25, -0.2) is 4.98 Å². The summed E-state index contributed by atoms with van der Waals surface area (Å²) in [4.78, 5) is 14.0. The maximum absolute atomic E-state index is 10.6. The monoisotopic (exact) mass is 377 g/mol. The summed E-state index contributed by atoms with van der Waals surface area (Å²) in [5.74, 6) is 0.779. The quantitative estimate of drug-likeness (QED) is 0.253. The smallest absolute Gasteiger partial charge is 0.287 e. The Labute approximate surface area is 160 Å². The third-order valence-corrected chi connectivity index (χ3v) is 3.87. The number of nitrogens with zero attached hydrogens (tertiary/aromatic N) is 3. The van der Waals surface area contributed by atoms with Gasteiger partial charge in [-0.3, -0.25) is 10.1 Å². The Kier molecular flexibility index (Phi) is 5.45. The van der Waals surface area contributed by atoms with E-state index in [2.05, 4.69) is 11.1 Å². The van der Waals surface area contributed by atoms with E-state index in [1.807, 2.05) is 0 Å². The molecule has 1 heterocycles. The number of ether oxygens (including phenoxy) is 1. The van der Waals surface area contributed by atoms with Crippen LogP contribution in [-0.4, -0.2) is 9.91 Å². The number of allylic oxidation sites excluding steroid dienone is 1. The van der Waals surface area contributed by atoms with Crippen molar-refractivity contribution in [3.8, 4) is 17.7 Å². The Bertz CT molecular complexity index is 1020. The van der Waals surface area contributed by atoms with Crippen molar-refractivity contribution in [1.82, 2.24) is 4.98 Å². The van der Waals surface area contributed by atoms with Crippen LogP contribution in [-0.2, 0) is 0 Å². The number of hydrogen-bond acceptors (Lipinski definition) is 5. The van der Waals surface area contributed by atoms with E-state index >= 15 is 0 Å². The fourth-order valence-electron chi connectivity index (χ4n) is 2.27. The van der Waals surface area contributed by atoms with Gasteiger partial charge in [0.25, 0.3) is 5.69 Å². The molecule has 27 heavy (non-hydrogen) atoms. The highest BCUT2D eigenvalue weighted by molar-refractivity contribution is 6.30. The van der Waals surface area contributed by atoms with E-state index in [-0.39, 0.29) is 11.6 Å². The van der Waals surface area contributed by atoms with Crippen LogP contribution in [0, 0.1) is 21.4 Å². The van der Waals surface area contributed by atoms with Gasteiger partial charge in [-0.05, 0) is 41.5 Å². The molecular formula is C20H12ClN3O3. The van der Waals surface area contributed by atoms with E-state index in [0.29, 0.717) is 16.3 Å². The molecule has 0 bridgehead atoms. The largest absolute Gasteiger partial charge is 0.439 e. The number of pyridine rings is 1.